The molecule has 0 aliphatic heterocycles. The lowest BCUT2D eigenvalue weighted by Crippen LogP contribution is -2.21. The SMILES string of the molecule is [N-]=[N+]=Nc1ccc2c(c1-c1ccccc1)C(=S)c1ccccc1C2=O. The smallest absolute Gasteiger partial charge is 0.194 e. The Morgan fingerprint density at radius 1 is 0.800 bits per heavy atom. The Labute approximate surface area is 149 Å². The molecule has 1 aliphatic rings. The normalized spacial score (nSPS) is 12.2. The molecule has 0 heterocycles. The number of benzene rings is 3. The summed E-state index contributed by atoms with van der Waals surface area (Å²) in [5.41, 5.74) is 13.5. The van der Waals surface area contributed by atoms with Crippen molar-refractivity contribution in [2.24, 2.45) is 5.11 Å². The zero-order chi connectivity index (χ0) is 17.4. The van der Waals surface area contributed by atoms with E-state index in [1.807, 2.05) is 48.5 Å². The summed E-state index contributed by atoms with van der Waals surface area (Å²) in [6, 6.07) is 20.2. The summed E-state index contributed by atoms with van der Waals surface area (Å²) in [7, 11) is 0. The quantitative estimate of drug-likeness (QED) is 0.206. The molecule has 0 amide bonds. The number of carbonyl (C=O) groups excluding carboxylic acids is 1. The van der Waals surface area contributed by atoms with Crippen molar-refractivity contribution in [3.8, 4) is 11.1 Å². The van der Waals surface area contributed by atoms with Crippen LogP contribution < -0.4 is 0 Å². The second-order valence-electron chi connectivity index (χ2n) is 5.64. The molecule has 0 aromatic heterocycles. The van der Waals surface area contributed by atoms with E-state index in [1.54, 1.807) is 18.2 Å². The highest BCUT2D eigenvalue weighted by molar-refractivity contribution is 7.81. The number of carbonyl (C=O) groups is 1. The third-order valence-electron chi connectivity index (χ3n) is 4.29. The van der Waals surface area contributed by atoms with E-state index in [9.17, 15) is 4.79 Å². The monoisotopic (exact) mass is 341 g/mol. The highest BCUT2D eigenvalue weighted by Crippen LogP contribution is 2.40. The Kier molecular flexibility index (Phi) is 3.65. The third kappa shape index (κ3) is 2.34. The van der Waals surface area contributed by atoms with Crippen molar-refractivity contribution >= 4 is 28.6 Å². The fourth-order valence-corrected chi connectivity index (χ4v) is 3.59. The molecule has 0 spiro atoms. The first-order valence-electron chi connectivity index (χ1n) is 7.68. The minimum Gasteiger partial charge on any atom is -0.289 e. The Morgan fingerprint density at radius 2 is 1.48 bits per heavy atom. The summed E-state index contributed by atoms with van der Waals surface area (Å²) >= 11 is 5.71. The van der Waals surface area contributed by atoms with Crippen molar-refractivity contribution in [3.63, 3.8) is 0 Å². The molecule has 5 heteroatoms. The molecule has 0 bridgehead atoms. The van der Waals surface area contributed by atoms with Gasteiger partial charge in [0.15, 0.2) is 5.78 Å². The van der Waals surface area contributed by atoms with E-state index in [2.05, 4.69) is 10.0 Å². The van der Waals surface area contributed by atoms with Crippen LogP contribution in [0, 0.1) is 0 Å². The Bertz CT molecular complexity index is 1080. The van der Waals surface area contributed by atoms with Crippen LogP contribution in [0.1, 0.15) is 27.0 Å². The molecule has 0 radical (unpaired) electrons. The number of thiocarbonyl (C=S) groups is 1. The van der Waals surface area contributed by atoms with Gasteiger partial charge in [-0.05, 0) is 17.2 Å². The predicted octanol–water partition coefficient (Wildman–Crippen LogP) is 5.61. The van der Waals surface area contributed by atoms with E-state index in [-0.39, 0.29) is 5.78 Å². The number of rotatable bonds is 2. The molecule has 0 atom stereocenters. The van der Waals surface area contributed by atoms with Gasteiger partial charge in [0.25, 0.3) is 0 Å². The molecule has 4 nitrogen and oxygen atoms in total. The van der Waals surface area contributed by atoms with Crippen LogP contribution in [-0.2, 0) is 0 Å². The minimum atomic E-state index is -0.0659. The molecule has 0 unspecified atom stereocenters. The second kappa shape index (κ2) is 5.98. The molecule has 0 saturated carbocycles. The van der Waals surface area contributed by atoms with Crippen molar-refractivity contribution < 1.29 is 4.79 Å². The molecular weight excluding hydrogens is 330 g/mol. The first-order chi connectivity index (χ1) is 12.2. The van der Waals surface area contributed by atoms with Crippen molar-refractivity contribution in [3.05, 3.63) is 99.4 Å². The molecule has 3 aromatic carbocycles. The van der Waals surface area contributed by atoms with Gasteiger partial charge in [-0.3, -0.25) is 4.79 Å². The lowest BCUT2D eigenvalue weighted by atomic mass is 9.80. The number of hydrogen-bond acceptors (Lipinski definition) is 3. The summed E-state index contributed by atoms with van der Waals surface area (Å²) < 4.78 is 0. The van der Waals surface area contributed by atoms with Gasteiger partial charge in [0.05, 0.1) is 4.86 Å². The third-order valence-corrected chi connectivity index (χ3v) is 4.71. The lowest BCUT2D eigenvalue weighted by molar-refractivity contribution is 0.103. The molecule has 3 aromatic rings. The molecule has 118 valence electrons. The van der Waals surface area contributed by atoms with Crippen LogP contribution in [-0.4, -0.2) is 10.6 Å². The lowest BCUT2D eigenvalue weighted by Gasteiger charge is -2.23. The zero-order valence-electron chi connectivity index (χ0n) is 13.0. The Balaban J connectivity index is 2.10. The molecule has 4 rings (SSSR count). The highest BCUT2D eigenvalue weighted by atomic mass is 32.1. The Morgan fingerprint density at radius 3 is 2.20 bits per heavy atom. The molecule has 0 fully saturated rings. The van der Waals surface area contributed by atoms with Crippen LogP contribution in [0.15, 0.2) is 71.8 Å². The average Bonchev–Trinajstić information content (AvgIpc) is 2.66. The molecule has 0 N–H and O–H groups in total. The van der Waals surface area contributed by atoms with Crippen LogP contribution in [0.2, 0.25) is 0 Å². The van der Waals surface area contributed by atoms with Crippen molar-refractivity contribution in [1.29, 1.82) is 0 Å². The fraction of sp³-hybridized carbons (Fsp3) is 0. The van der Waals surface area contributed by atoms with Crippen molar-refractivity contribution in [2.75, 3.05) is 0 Å². The first kappa shape index (κ1) is 15.3. The van der Waals surface area contributed by atoms with Crippen molar-refractivity contribution in [2.45, 2.75) is 0 Å². The van der Waals surface area contributed by atoms with E-state index in [4.69, 9.17) is 17.7 Å². The maximum atomic E-state index is 12.9. The van der Waals surface area contributed by atoms with E-state index < -0.39 is 0 Å². The molecular formula is C20H11N3OS. The standard InChI is InChI=1S/C20H11N3OS/c21-23-22-16-11-10-15-18(17(16)12-6-2-1-3-7-12)20(25)14-9-5-4-8-13(14)19(15)24/h1-11H. The van der Waals surface area contributed by atoms with Gasteiger partial charge in [-0.25, -0.2) is 0 Å². The highest BCUT2D eigenvalue weighted by Gasteiger charge is 2.30. The Hall–Kier alpha value is -3.27. The number of fused-ring (bicyclic) bond motifs is 2. The van der Waals surface area contributed by atoms with Crippen LogP contribution in [0.4, 0.5) is 5.69 Å². The van der Waals surface area contributed by atoms with Crippen LogP contribution in [0.5, 0.6) is 0 Å². The van der Waals surface area contributed by atoms with Gasteiger partial charge in [0, 0.05) is 38.4 Å². The van der Waals surface area contributed by atoms with E-state index >= 15 is 0 Å². The largest absolute Gasteiger partial charge is 0.289 e. The second-order valence-corrected chi connectivity index (χ2v) is 6.05. The van der Waals surface area contributed by atoms with E-state index in [0.29, 0.717) is 32.8 Å². The first-order valence-corrected chi connectivity index (χ1v) is 8.09. The van der Waals surface area contributed by atoms with Gasteiger partial charge in [0.1, 0.15) is 0 Å². The predicted molar refractivity (Wildman–Crippen MR) is 101 cm³/mol. The summed E-state index contributed by atoms with van der Waals surface area (Å²) in [5, 5.41) is 3.82. The van der Waals surface area contributed by atoms with Crippen LogP contribution in [0.3, 0.4) is 0 Å². The van der Waals surface area contributed by atoms with Gasteiger partial charge >= 0.3 is 0 Å². The van der Waals surface area contributed by atoms with Gasteiger partial charge in [-0.15, -0.1) is 0 Å². The maximum absolute atomic E-state index is 12.9. The summed E-state index contributed by atoms with van der Waals surface area (Å²) in [6.07, 6.45) is 0. The molecule has 1 aliphatic carbocycles. The number of ketones is 1. The number of nitrogens with zero attached hydrogens (tertiary/aromatic N) is 3. The van der Waals surface area contributed by atoms with Gasteiger partial charge in [-0.2, -0.15) is 0 Å². The fourth-order valence-electron chi connectivity index (χ4n) is 3.20. The van der Waals surface area contributed by atoms with E-state index in [0.717, 1.165) is 11.1 Å². The molecule has 0 saturated heterocycles. The van der Waals surface area contributed by atoms with Gasteiger partial charge < -0.3 is 0 Å². The van der Waals surface area contributed by atoms with Crippen LogP contribution in [0.25, 0.3) is 21.6 Å². The zero-order valence-corrected chi connectivity index (χ0v) is 13.8. The van der Waals surface area contributed by atoms with Gasteiger partial charge in [-0.1, -0.05) is 78.0 Å². The number of hydrogen-bond donors (Lipinski definition) is 0. The van der Waals surface area contributed by atoms with Crippen LogP contribution >= 0.6 is 12.2 Å². The van der Waals surface area contributed by atoms with Gasteiger partial charge in [0.2, 0.25) is 0 Å². The summed E-state index contributed by atoms with van der Waals surface area (Å²) in [6.45, 7) is 0. The average molecular weight is 341 g/mol. The topological polar surface area (TPSA) is 65.8 Å². The van der Waals surface area contributed by atoms with Crippen molar-refractivity contribution in [1.82, 2.24) is 0 Å². The maximum Gasteiger partial charge on any atom is 0.194 e. The summed E-state index contributed by atoms with van der Waals surface area (Å²) in [4.78, 5) is 16.5. The minimum absolute atomic E-state index is 0.0659. The summed E-state index contributed by atoms with van der Waals surface area (Å²) in [5.74, 6) is -0.0659. The number of azide groups is 1. The van der Waals surface area contributed by atoms with E-state index in [1.165, 1.54) is 0 Å². The molecule has 25 heavy (non-hydrogen) atoms.